The Balaban J connectivity index is 1.97. The van der Waals surface area contributed by atoms with Gasteiger partial charge >= 0.3 is 24.2 Å². The molecule has 0 saturated heterocycles. The van der Waals surface area contributed by atoms with E-state index in [-0.39, 0.29) is 75.7 Å². The van der Waals surface area contributed by atoms with Crippen molar-refractivity contribution in [3.63, 3.8) is 0 Å². The Morgan fingerprint density at radius 2 is 1.21 bits per heavy atom. The summed E-state index contributed by atoms with van der Waals surface area (Å²) in [5.41, 5.74) is 18.0. The van der Waals surface area contributed by atoms with E-state index in [1.807, 2.05) is 0 Å². The van der Waals surface area contributed by atoms with Gasteiger partial charge in [0.05, 0.1) is 6.61 Å². The molecule has 67 heavy (non-hydrogen) atoms. The lowest BCUT2D eigenvalue weighted by Gasteiger charge is -2.27. The number of aromatic hydroxyl groups is 1. The van der Waals surface area contributed by atoms with Gasteiger partial charge in [0, 0.05) is 19.4 Å². The topological polar surface area (TPSA) is 318 Å². The molecule has 0 heterocycles. The number of benzene rings is 3. The maximum absolute atomic E-state index is 14.3. The maximum atomic E-state index is 14.3. The van der Waals surface area contributed by atoms with Gasteiger partial charge in [-0.1, -0.05) is 54.6 Å². The molecule has 12 N–H and O–H groups in total. The van der Waals surface area contributed by atoms with Crippen LogP contribution >= 0.6 is 0 Å². The number of amides is 5. The van der Waals surface area contributed by atoms with Crippen LogP contribution in [0.2, 0.25) is 0 Å². The molecule has 0 saturated carbocycles. The van der Waals surface area contributed by atoms with Crippen molar-refractivity contribution < 1.29 is 66.1 Å². The zero-order valence-corrected chi connectivity index (χ0v) is 36.6. The van der Waals surface area contributed by atoms with Crippen molar-refractivity contribution in [1.29, 1.82) is 0 Å². The molecule has 3 aromatic carbocycles. The molecule has 23 heteroatoms. The number of guanidine groups is 1. The van der Waals surface area contributed by atoms with E-state index in [0.29, 0.717) is 24.0 Å². The van der Waals surface area contributed by atoms with Crippen LogP contribution in [0.1, 0.15) is 55.7 Å². The number of alkyl halides is 3. The first-order valence-corrected chi connectivity index (χ1v) is 21.1. The molecule has 364 valence electrons. The lowest BCUT2D eigenvalue weighted by atomic mass is 10.0. The Kier molecular flexibility index (Phi) is 22.4. The molecule has 0 unspecified atom stereocenters. The number of carbonyl (C=O) groups is 7. The molecule has 0 radical (unpaired) electrons. The van der Waals surface area contributed by atoms with Crippen LogP contribution in [0.3, 0.4) is 0 Å². The first kappa shape index (κ1) is 53.9. The molecular weight excluding hydrogens is 888 g/mol. The number of halogens is 3. The summed E-state index contributed by atoms with van der Waals surface area (Å²) >= 11 is 0. The molecule has 0 bridgehead atoms. The minimum absolute atomic E-state index is 0.0149. The third-order valence-corrected chi connectivity index (χ3v) is 9.51. The average molecular weight is 944 g/mol. The number of aliphatic imine (C=N–C) groups is 1. The van der Waals surface area contributed by atoms with E-state index in [2.05, 4.69) is 36.3 Å². The van der Waals surface area contributed by atoms with Gasteiger partial charge in [0.25, 0.3) is 0 Å². The highest BCUT2D eigenvalue weighted by molar-refractivity contribution is 5.96. The normalized spacial score (nSPS) is 12.7. The van der Waals surface area contributed by atoms with Gasteiger partial charge < -0.3 is 63.1 Å². The average Bonchev–Trinajstić information content (AvgIpc) is 3.29. The van der Waals surface area contributed by atoms with Crippen LogP contribution in [0.25, 0.3) is 0 Å². The van der Waals surface area contributed by atoms with Crippen LogP contribution in [-0.4, -0.2) is 109 Å². The second-order valence-corrected chi connectivity index (χ2v) is 14.8. The number of nitrogens with zero attached hydrogens (tertiary/aromatic N) is 1. The number of phenols is 1. The number of nitrogens with two attached hydrogens (primary N) is 3. The highest BCUT2D eigenvalue weighted by Gasteiger charge is 2.41. The molecule has 0 aliphatic heterocycles. The Labute approximate surface area is 383 Å². The first-order chi connectivity index (χ1) is 31.9. The van der Waals surface area contributed by atoms with Crippen molar-refractivity contribution in [3.8, 4) is 11.5 Å². The Bertz CT molecular complexity index is 2120. The standard InChI is InChI=1S/C44H56F3N9O11/c1-2-65-36(58)25-52-37(59)34(23-27-13-17-30(57)18-14-27)54-40(62)35(24-28-15-19-31(20-16-28)67-41(63)44(45,46)47)55-38(60)32(12-8-22-51-42(49)50)53-39(61)33(11-6-7-21-48)56-43(64)66-26-29-9-4-3-5-10-29/h3-5,9-10,13-20,32-35,57H,2,6-8,11-12,21-26,48H2,1H3,(H,52,59)(H,53,61)(H,54,62)(H,55,60)(H,56,64)(H4,49,50,51)/t32-,33-,34-,35-/m0/s1. The fraction of sp³-hybridized carbons (Fsp3) is 0.409. The molecule has 3 rings (SSSR count). The van der Waals surface area contributed by atoms with Crippen molar-refractivity contribution in [3.05, 3.63) is 95.6 Å². The molecule has 3 aromatic rings. The van der Waals surface area contributed by atoms with Crippen molar-refractivity contribution in [2.24, 2.45) is 22.2 Å². The Morgan fingerprint density at radius 1 is 0.672 bits per heavy atom. The van der Waals surface area contributed by atoms with Gasteiger partial charge in [-0.15, -0.1) is 0 Å². The summed E-state index contributed by atoms with van der Waals surface area (Å²) in [7, 11) is 0. The van der Waals surface area contributed by atoms with Crippen LogP contribution in [-0.2, 0) is 57.7 Å². The third kappa shape index (κ3) is 20.5. The second kappa shape index (κ2) is 27.8. The Morgan fingerprint density at radius 3 is 1.78 bits per heavy atom. The van der Waals surface area contributed by atoms with Crippen LogP contribution in [0, 0.1) is 0 Å². The summed E-state index contributed by atoms with van der Waals surface area (Å²) in [5.74, 6) is -7.58. The van der Waals surface area contributed by atoms with E-state index < -0.39 is 84.3 Å². The number of hydrogen-bond donors (Lipinski definition) is 9. The molecule has 5 amide bonds. The number of alkyl carbamates (subject to hydrolysis) is 1. The predicted octanol–water partition coefficient (Wildman–Crippen LogP) is 1.26. The van der Waals surface area contributed by atoms with Gasteiger partial charge in [0.2, 0.25) is 23.6 Å². The van der Waals surface area contributed by atoms with Crippen LogP contribution in [0.4, 0.5) is 18.0 Å². The van der Waals surface area contributed by atoms with Gasteiger partial charge in [-0.25, -0.2) is 9.59 Å². The molecule has 0 fully saturated rings. The van der Waals surface area contributed by atoms with Crippen molar-refractivity contribution >= 4 is 47.6 Å². The SMILES string of the molecule is CCOC(=O)CNC(=O)[C@H](Cc1ccc(O)cc1)NC(=O)[C@H](Cc1ccc(OC(=O)C(F)(F)F)cc1)NC(=O)[C@H](CCCN=C(N)N)NC(=O)[C@H](CCCCN)NC(=O)OCc1ccccc1. The molecular formula is C44H56F3N9O11. The van der Waals surface area contributed by atoms with Gasteiger partial charge in [-0.3, -0.25) is 29.0 Å². The number of ether oxygens (including phenoxy) is 3. The minimum Gasteiger partial charge on any atom is -0.508 e. The molecule has 4 atom stereocenters. The number of esters is 2. The summed E-state index contributed by atoms with van der Waals surface area (Å²) in [6, 6.07) is 13.3. The van der Waals surface area contributed by atoms with Crippen LogP contribution in [0.15, 0.2) is 83.9 Å². The van der Waals surface area contributed by atoms with Gasteiger partial charge in [-0.05, 0) is 86.5 Å². The van der Waals surface area contributed by atoms with Crippen molar-refractivity contribution in [2.75, 3.05) is 26.2 Å². The lowest BCUT2D eigenvalue weighted by molar-refractivity contribution is -0.189. The van der Waals surface area contributed by atoms with E-state index in [1.54, 1.807) is 37.3 Å². The maximum Gasteiger partial charge on any atom is 0.491 e. The van der Waals surface area contributed by atoms with Gasteiger partial charge in [0.15, 0.2) is 5.96 Å². The minimum atomic E-state index is -5.28. The first-order valence-electron chi connectivity index (χ1n) is 21.1. The van der Waals surface area contributed by atoms with Gasteiger partial charge in [0.1, 0.15) is 48.8 Å². The molecule has 20 nitrogen and oxygen atoms in total. The molecule has 0 aliphatic carbocycles. The fourth-order valence-electron chi connectivity index (χ4n) is 6.13. The zero-order valence-electron chi connectivity index (χ0n) is 36.6. The number of rotatable bonds is 26. The van der Waals surface area contributed by atoms with E-state index in [9.17, 15) is 51.8 Å². The number of phenolic OH excluding ortho intramolecular Hbond substituents is 1. The van der Waals surface area contributed by atoms with Crippen molar-refractivity contribution in [1.82, 2.24) is 26.6 Å². The quantitative estimate of drug-likeness (QED) is 0.0180. The van der Waals surface area contributed by atoms with E-state index in [4.69, 9.17) is 26.7 Å². The monoisotopic (exact) mass is 943 g/mol. The second-order valence-electron chi connectivity index (χ2n) is 14.8. The van der Waals surface area contributed by atoms with Crippen LogP contribution < -0.4 is 48.5 Å². The molecule has 0 aromatic heterocycles. The fourth-order valence-corrected chi connectivity index (χ4v) is 6.13. The van der Waals surface area contributed by atoms with Crippen LogP contribution in [0.5, 0.6) is 11.5 Å². The number of unbranched alkanes of at least 4 members (excludes halogenated alkanes) is 1. The van der Waals surface area contributed by atoms with E-state index in [0.717, 1.165) is 12.1 Å². The highest BCUT2D eigenvalue weighted by atomic mass is 19.4. The number of carbonyl (C=O) groups excluding carboxylic acids is 7. The summed E-state index contributed by atoms with van der Waals surface area (Å²) in [4.78, 5) is 96.4. The van der Waals surface area contributed by atoms with Crippen molar-refractivity contribution in [2.45, 2.75) is 88.8 Å². The smallest absolute Gasteiger partial charge is 0.491 e. The number of hydrogen-bond acceptors (Lipinski definition) is 13. The van der Waals surface area contributed by atoms with Gasteiger partial charge in [-0.2, -0.15) is 13.2 Å². The number of nitrogens with one attached hydrogen (secondary N) is 5. The largest absolute Gasteiger partial charge is 0.508 e. The summed E-state index contributed by atoms with van der Waals surface area (Å²) in [6.07, 6.45) is -5.80. The summed E-state index contributed by atoms with van der Waals surface area (Å²) < 4.78 is 53.2. The molecule has 0 spiro atoms. The highest BCUT2D eigenvalue weighted by Crippen LogP contribution is 2.21. The summed E-state index contributed by atoms with van der Waals surface area (Å²) in [5, 5.41) is 22.5. The Hall–Kier alpha value is -7.43. The molecule has 0 aliphatic rings. The zero-order chi connectivity index (χ0) is 49.4. The third-order valence-electron chi connectivity index (χ3n) is 9.51. The van der Waals surface area contributed by atoms with E-state index >= 15 is 0 Å². The summed E-state index contributed by atoms with van der Waals surface area (Å²) in [6.45, 7) is 1.23. The van der Waals surface area contributed by atoms with E-state index in [1.165, 1.54) is 36.4 Å². The predicted molar refractivity (Wildman–Crippen MR) is 235 cm³/mol. The lowest BCUT2D eigenvalue weighted by Crippen LogP contribution is -2.59.